The third-order valence-electron chi connectivity index (χ3n) is 12.8. The van der Waals surface area contributed by atoms with Crippen LogP contribution < -0.4 is 4.90 Å². The lowest BCUT2D eigenvalue weighted by molar-refractivity contribution is 1.17. The molecule has 64 heavy (non-hydrogen) atoms. The molecule has 0 bridgehead atoms. The van der Waals surface area contributed by atoms with Crippen LogP contribution in [-0.2, 0) is 0 Å². The predicted molar refractivity (Wildman–Crippen MR) is 272 cm³/mol. The Bertz CT molecular complexity index is 3620. The summed E-state index contributed by atoms with van der Waals surface area (Å²) >= 11 is 0. The predicted octanol–water partition coefficient (Wildman–Crippen LogP) is 17.2. The first kappa shape index (κ1) is 37.3. The van der Waals surface area contributed by atoms with E-state index >= 15 is 0 Å². The van der Waals surface area contributed by atoms with Crippen LogP contribution in [0.4, 0.5) is 17.1 Å². The monoisotopic (exact) mass is 814 g/mol. The fourth-order valence-corrected chi connectivity index (χ4v) is 9.92. The van der Waals surface area contributed by atoms with E-state index in [1.807, 2.05) is 0 Å². The number of hydrogen-bond donors (Lipinski definition) is 0. The molecule has 0 spiro atoms. The third-order valence-corrected chi connectivity index (χ3v) is 12.8. The van der Waals surface area contributed by atoms with Crippen LogP contribution in [0, 0.1) is 0 Å². The largest absolute Gasteiger partial charge is 0.310 e. The fourth-order valence-electron chi connectivity index (χ4n) is 9.92. The highest BCUT2D eigenvalue weighted by atomic mass is 15.1. The van der Waals surface area contributed by atoms with Gasteiger partial charge in [0.25, 0.3) is 0 Å². The molecule has 1 heterocycles. The van der Waals surface area contributed by atoms with E-state index in [4.69, 9.17) is 0 Å². The van der Waals surface area contributed by atoms with Crippen LogP contribution >= 0.6 is 0 Å². The van der Waals surface area contributed by atoms with Gasteiger partial charge < -0.3 is 9.47 Å². The number of fused-ring (bicyclic) bond motifs is 6. The summed E-state index contributed by atoms with van der Waals surface area (Å²) in [6.07, 6.45) is 0. The summed E-state index contributed by atoms with van der Waals surface area (Å²) in [6.45, 7) is 0. The van der Waals surface area contributed by atoms with Gasteiger partial charge in [-0.05, 0) is 109 Å². The van der Waals surface area contributed by atoms with E-state index in [9.17, 15) is 0 Å². The Morgan fingerprint density at radius 1 is 0.266 bits per heavy atom. The zero-order chi connectivity index (χ0) is 42.4. The molecule has 0 N–H and O–H groups in total. The molecule has 300 valence electrons. The maximum atomic E-state index is 2.44. The van der Waals surface area contributed by atoms with E-state index in [0.29, 0.717) is 0 Å². The van der Waals surface area contributed by atoms with Gasteiger partial charge >= 0.3 is 0 Å². The molecule has 1 aromatic heterocycles. The fraction of sp³-hybridized carbons (Fsp3) is 0. The van der Waals surface area contributed by atoms with E-state index < -0.39 is 0 Å². The maximum absolute atomic E-state index is 2.44. The smallest absolute Gasteiger partial charge is 0.0541 e. The first-order valence-corrected chi connectivity index (χ1v) is 22.0. The van der Waals surface area contributed by atoms with Gasteiger partial charge in [0.1, 0.15) is 0 Å². The topological polar surface area (TPSA) is 8.17 Å². The zero-order valence-corrected chi connectivity index (χ0v) is 35.1. The van der Waals surface area contributed by atoms with Gasteiger partial charge in [-0.25, -0.2) is 0 Å². The van der Waals surface area contributed by atoms with Crippen molar-refractivity contribution in [2.75, 3.05) is 4.90 Å². The Labute approximate surface area is 373 Å². The van der Waals surface area contributed by atoms with Crippen LogP contribution in [0.1, 0.15) is 0 Å². The number of nitrogens with zero attached hydrogens (tertiary/aromatic N) is 2. The summed E-state index contributed by atoms with van der Waals surface area (Å²) in [7, 11) is 0. The maximum Gasteiger partial charge on any atom is 0.0541 e. The van der Waals surface area contributed by atoms with Gasteiger partial charge in [-0.15, -0.1) is 0 Å². The van der Waals surface area contributed by atoms with Gasteiger partial charge in [0.15, 0.2) is 0 Å². The standard InChI is InChI=1S/C62H42N2/c1-2-18-43(19-3-1)49-24-6-7-25-52(49)54-26-8-9-27-55(54)57-28-10-13-33-60(57)63(47-21-16-22-48(42-47)64-61-34-14-11-29-58(61)59-30-12-15-35-62(59)64)46-39-36-45(37-40-46)51-31-17-32-53-50-23-5-4-20-44(50)38-41-56(51)53/h1-42H. The number of rotatable bonds is 8. The van der Waals surface area contributed by atoms with Gasteiger partial charge in [0, 0.05) is 33.4 Å². The van der Waals surface area contributed by atoms with Crippen molar-refractivity contribution in [3.8, 4) is 50.2 Å². The Morgan fingerprint density at radius 2 is 0.781 bits per heavy atom. The van der Waals surface area contributed by atoms with Crippen LogP contribution in [-0.4, -0.2) is 4.57 Å². The van der Waals surface area contributed by atoms with Gasteiger partial charge in [0.05, 0.1) is 16.7 Å². The minimum absolute atomic E-state index is 1.07. The number of benzene rings is 11. The highest BCUT2D eigenvalue weighted by molar-refractivity contribution is 6.12. The molecule has 0 amide bonds. The first-order chi connectivity index (χ1) is 31.8. The summed E-state index contributed by atoms with van der Waals surface area (Å²) < 4.78 is 2.40. The molecule has 0 fully saturated rings. The molecular weight excluding hydrogens is 773 g/mol. The summed E-state index contributed by atoms with van der Waals surface area (Å²) in [6, 6.07) is 92.7. The minimum Gasteiger partial charge on any atom is -0.310 e. The first-order valence-electron chi connectivity index (χ1n) is 22.0. The van der Waals surface area contributed by atoms with E-state index in [1.165, 1.54) is 82.3 Å². The van der Waals surface area contributed by atoms with Crippen molar-refractivity contribution in [2.45, 2.75) is 0 Å². The van der Waals surface area contributed by atoms with Crippen LogP contribution in [0.15, 0.2) is 255 Å². The lowest BCUT2D eigenvalue weighted by atomic mass is 9.88. The Kier molecular flexibility index (Phi) is 9.20. The second-order valence-corrected chi connectivity index (χ2v) is 16.4. The molecule has 0 unspecified atom stereocenters. The summed E-state index contributed by atoms with van der Waals surface area (Å²) in [5, 5.41) is 7.54. The highest BCUT2D eigenvalue weighted by Gasteiger charge is 2.22. The summed E-state index contributed by atoms with van der Waals surface area (Å²) in [5.41, 5.74) is 16.2. The molecule has 0 saturated carbocycles. The van der Waals surface area contributed by atoms with Crippen LogP contribution in [0.2, 0.25) is 0 Å². The van der Waals surface area contributed by atoms with E-state index in [2.05, 4.69) is 264 Å². The van der Waals surface area contributed by atoms with E-state index in [0.717, 1.165) is 28.3 Å². The molecule has 0 aliphatic carbocycles. The van der Waals surface area contributed by atoms with Gasteiger partial charge in [0.2, 0.25) is 0 Å². The van der Waals surface area contributed by atoms with Gasteiger partial charge in [-0.2, -0.15) is 0 Å². The Balaban J connectivity index is 1.05. The number of anilines is 3. The van der Waals surface area contributed by atoms with Crippen molar-refractivity contribution in [3.05, 3.63) is 255 Å². The van der Waals surface area contributed by atoms with Crippen molar-refractivity contribution in [1.82, 2.24) is 4.57 Å². The molecule has 2 nitrogen and oxygen atoms in total. The average Bonchev–Trinajstić information content (AvgIpc) is 3.71. The molecule has 0 radical (unpaired) electrons. The Morgan fingerprint density at radius 3 is 1.52 bits per heavy atom. The lowest BCUT2D eigenvalue weighted by Gasteiger charge is -2.29. The van der Waals surface area contributed by atoms with Gasteiger partial charge in [-0.1, -0.05) is 206 Å². The third kappa shape index (κ3) is 6.35. The van der Waals surface area contributed by atoms with E-state index in [1.54, 1.807) is 0 Å². The lowest BCUT2D eigenvalue weighted by Crippen LogP contribution is -2.12. The number of hydrogen-bond acceptors (Lipinski definition) is 1. The van der Waals surface area contributed by atoms with Crippen LogP contribution in [0.3, 0.4) is 0 Å². The minimum atomic E-state index is 1.07. The van der Waals surface area contributed by atoms with Crippen LogP contribution in [0.5, 0.6) is 0 Å². The quantitative estimate of drug-likeness (QED) is 0.139. The number of para-hydroxylation sites is 3. The molecule has 0 aliphatic heterocycles. The van der Waals surface area contributed by atoms with Crippen molar-refractivity contribution in [2.24, 2.45) is 0 Å². The molecule has 11 aromatic carbocycles. The normalized spacial score (nSPS) is 11.4. The SMILES string of the molecule is c1ccc(-c2ccccc2-c2ccccc2-c2ccccc2N(c2ccc(-c3cccc4c3ccc3ccccc34)cc2)c2cccc(-n3c4ccccc4c4ccccc43)c2)cc1. The molecule has 0 atom stereocenters. The van der Waals surface area contributed by atoms with E-state index in [-0.39, 0.29) is 0 Å². The van der Waals surface area contributed by atoms with Crippen molar-refractivity contribution in [1.29, 1.82) is 0 Å². The second-order valence-electron chi connectivity index (χ2n) is 16.4. The molecule has 0 aliphatic rings. The van der Waals surface area contributed by atoms with Crippen molar-refractivity contribution >= 4 is 60.4 Å². The second kappa shape index (κ2) is 15.8. The molecule has 0 saturated heterocycles. The van der Waals surface area contributed by atoms with Crippen molar-refractivity contribution in [3.63, 3.8) is 0 Å². The molecule has 12 rings (SSSR count). The number of aromatic nitrogens is 1. The molecular formula is C62H42N2. The molecule has 2 heteroatoms. The molecule has 12 aromatic rings. The summed E-state index contributed by atoms with van der Waals surface area (Å²) in [4.78, 5) is 2.44. The Hall–Kier alpha value is -8.46. The highest BCUT2D eigenvalue weighted by Crippen LogP contribution is 2.46. The van der Waals surface area contributed by atoms with Crippen molar-refractivity contribution < 1.29 is 0 Å². The van der Waals surface area contributed by atoms with Crippen LogP contribution in [0.25, 0.3) is 93.5 Å². The zero-order valence-electron chi connectivity index (χ0n) is 35.1. The summed E-state index contributed by atoms with van der Waals surface area (Å²) in [5.74, 6) is 0. The van der Waals surface area contributed by atoms with Gasteiger partial charge in [-0.3, -0.25) is 0 Å². The average molecular weight is 815 g/mol.